The van der Waals surface area contributed by atoms with Crippen LogP contribution < -0.4 is 5.32 Å². The number of alkyl halides is 1. The van der Waals surface area contributed by atoms with Crippen molar-refractivity contribution < 1.29 is 4.79 Å². The molecular formula is C15H22BrNO. The van der Waals surface area contributed by atoms with E-state index < -0.39 is 0 Å². The molecule has 2 unspecified atom stereocenters. The number of amides is 1. The minimum atomic E-state index is 0.0327. The number of carbonyl (C=O) groups is 1. The fourth-order valence-electron chi connectivity index (χ4n) is 2.09. The number of rotatable bonds is 4. The number of hydrogen-bond acceptors (Lipinski definition) is 1. The minimum Gasteiger partial charge on any atom is -0.349 e. The zero-order chi connectivity index (χ0) is 13.9. The lowest BCUT2D eigenvalue weighted by Gasteiger charge is -2.20. The highest BCUT2D eigenvalue weighted by Crippen LogP contribution is 2.17. The quantitative estimate of drug-likeness (QED) is 0.843. The summed E-state index contributed by atoms with van der Waals surface area (Å²) < 4.78 is 0. The van der Waals surface area contributed by atoms with E-state index in [0.29, 0.717) is 5.92 Å². The van der Waals surface area contributed by atoms with Gasteiger partial charge < -0.3 is 5.32 Å². The Morgan fingerprint density at radius 3 is 2.17 bits per heavy atom. The van der Waals surface area contributed by atoms with Crippen molar-refractivity contribution in [1.29, 1.82) is 0 Å². The zero-order valence-electron chi connectivity index (χ0n) is 11.8. The smallest absolute Gasteiger partial charge is 0.252 e. The molecule has 1 aromatic rings. The predicted molar refractivity (Wildman–Crippen MR) is 80.5 cm³/mol. The van der Waals surface area contributed by atoms with Gasteiger partial charge in [-0.25, -0.2) is 0 Å². The van der Waals surface area contributed by atoms with Gasteiger partial charge in [0.05, 0.1) is 0 Å². The molecule has 0 spiro atoms. The van der Waals surface area contributed by atoms with Crippen LogP contribution in [0.2, 0.25) is 0 Å². The van der Waals surface area contributed by atoms with Crippen LogP contribution in [0.15, 0.2) is 12.1 Å². The van der Waals surface area contributed by atoms with Crippen LogP contribution >= 0.6 is 15.9 Å². The Morgan fingerprint density at radius 1 is 1.22 bits per heavy atom. The summed E-state index contributed by atoms with van der Waals surface area (Å²) in [6.07, 6.45) is 0. The molecule has 1 aromatic carbocycles. The number of aryl methyl sites for hydroxylation is 3. The molecule has 2 atom stereocenters. The molecule has 1 rings (SSSR count). The third-order valence-electron chi connectivity index (χ3n) is 3.36. The average Bonchev–Trinajstić information content (AvgIpc) is 2.26. The first-order chi connectivity index (χ1) is 8.36. The van der Waals surface area contributed by atoms with Crippen molar-refractivity contribution in [1.82, 2.24) is 5.32 Å². The molecule has 0 aliphatic heterocycles. The largest absolute Gasteiger partial charge is 0.349 e. The van der Waals surface area contributed by atoms with Gasteiger partial charge >= 0.3 is 0 Å². The number of halogens is 1. The molecule has 0 heterocycles. The summed E-state index contributed by atoms with van der Waals surface area (Å²) in [5.41, 5.74) is 4.10. The van der Waals surface area contributed by atoms with E-state index in [4.69, 9.17) is 0 Å². The Labute approximate surface area is 118 Å². The van der Waals surface area contributed by atoms with Gasteiger partial charge in [0.2, 0.25) is 0 Å². The maximum Gasteiger partial charge on any atom is 0.252 e. The molecule has 3 heteroatoms. The summed E-state index contributed by atoms with van der Waals surface area (Å²) in [6.45, 7) is 10.2. The molecule has 0 aromatic heterocycles. The number of nitrogens with one attached hydrogen (secondary N) is 1. The zero-order valence-corrected chi connectivity index (χ0v) is 13.4. The van der Waals surface area contributed by atoms with Crippen molar-refractivity contribution in [3.63, 3.8) is 0 Å². The maximum atomic E-state index is 12.3. The van der Waals surface area contributed by atoms with E-state index in [-0.39, 0.29) is 11.9 Å². The van der Waals surface area contributed by atoms with Crippen LogP contribution in [-0.4, -0.2) is 17.3 Å². The summed E-state index contributed by atoms with van der Waals surface area (Å²) in [5.74, 6) is 0.449. The molecular weight excluding hydrogens is 290 g/mol. The summed E-state index contributed by atoms with van der Waals surface area (Å²) in [4.78, 5) is 12.3. The van der Waals surface area contributed by atoms with Crippen molar-refractivity contribution in [2.45, 2.75) is 40.7 Å². The standard InChI is InChI=1S/C15H22BrNO/c1-9-6-10(2)14(11(3)7-9)15(18)17-13(5)12(4)8-16/h6-7,12-13H,8H2,1-5H3,(H,17,18). The van der Waals surface area contributed by atoms with Gasteiger partial charge in [-0.3, -0.25) is 4.79 Å². The summed E-state index contributed by atoms with van der Waals surface area (Å²) >= 11 is 3.45. The van der Waals surface area contributed by atoms with E-state index in [1.54, 1.807) is 0 Å². The number of carbonyl (C=O) groups excluding carboxylic acids is 1. The Kier molecular flexibility index (Phi) is 5.39. The second kappa shape index (κ2) is 6.37. The number of benzene rings is 1. The normalized spacial score (nSPS) is 14.1. The van der Waals surface area contributed by atoms with E-state index in [2.05, 4.69) is 47.2 Å². The van der Waals surface area contributed by atoms with Crippen LogP contribution in [0.3, 0.4) is 0 Å². The van der Waals surface area contributed by atoms with Crippen LogP contribution in [0.25, 0.3) is 0 Å². The molecule has 0 fully saturated rings. The van der Waals surface area contributed by atoms with Gasteiger partial charge in [0.25, 0.3) is 5.91 Å². The second-order valence-corrected chi connectivity index (χ2v) is 5.81. The van der Waals surface area contributed by atoms with E-state index in [1.807, 2.05) is 20.8 Å². The van der Waals surface area contributed by atoms with Gasteiger partial charge in [-0.2, -0.15) is 0 Å². The first kappa shape index (κ1) is 15.2. The highest BCUT2D eigenvalue weighted by Gasteiger charge is 2.17. The van der Waals surface area contributed by atoms with Gasteiger partial charge in [0, 0.05) is 16.9 Å². The number of hydrogen-bond donors (Lipinski definition) is 1. The van der Waals surface area contributed by atoms with Gasteiger partial charge in [-0.1, -0.05) is 40.5 Å². The van der Waals surface area contributed by atoms with Gasteiger partial charge in [0.1, 0.15) is 0 Å². The van der Waals surface area contributed by atoms with Gasteiger partial charge in [-0.15, -0.1) is 0 Å². The Morgan fingerprint density at radius 2 is 1.72 bits per heavy atom. The molecule has 1 N–H and O–H groups in total. The van der Waals surface area contributed by atoms with Crippen LogP contribution in [0.4, 0.5) is 0 Å². The molecule has 18 heavy (non-hydrogen) atoms. The highest BCUT2D eigenvalue weighted by atomic mass is 79.9. The van der Waals surface area contributed by atoms with Gasteiger partial charge in [-0.05, 0) is 44.7 Å². The van der Waals surface area contributed by atoms with E-state index >= 15 is 0 Å². The van der Waals surface area contributed by atoms with E-state index in [0.717, 1.165) is 22.0 Å². The van der Waals surface area contributed by atoms with Crippen LogP contribution in [0.5, 0.6) is 0 Å². The SMILES string of the molecule is Cc1cc(C)c(C(=O)NC(C)C(C)CBr)c(C)c1. The van der Waals surface area contributed by atoms with E-state index in [9.17, 15) is 4.79 Å². The first-order valence-corrected chi connectivity index (χ1v) is 7.43. The monoisotopic (exact) mass is 311 g/mol. The van der Waals surface area contributed by atoms with E-state index in [1.165, 1.54) is 5.56 Å². The van der Waals surface area contributed by atoms with Crippen LogP contribution in [-0.2, 0) is 0 Å². The Hall–Kier alpha value is -0.830. The molecule has 0 aliphatic carbocycles. The summed E-state index contributed by atoms with van der Waals surface area (Å²) in [6, 6.07) is 4.28. The van der Waals surface area contributed by atoms with Crippen molar-refractivity contribution in [3.8, 4) is 0 Å². The molecule has 2 nitrogen and oxygen atoms in total. The first-order valence-electron chi connectivity index (χ1n) is 6.31. The molecule has 0 saturated heterocycles. The topological polar surface area (TPSA) is 29.1 Å². The molecule has 1 amide bonds. The lowest BCUT2D eigenvalue weighted by molar-refractivity contribution is 0.0930. The van der Waals surface area contributed by atoms with Gasteiger partial charge in [0.15, 0.2) is 0 Å². The summed E-state index contributed by atoms with van der Waals surface area (Å²) in [7, 11) is 0. The van der Waals surface area contributed by atoms with Crippen molar-refractivity contribution in [3.05, 3.63) is 34.4 Å². The fourth-order valence-corrected chi connectivity index (χ4v) is 2.65. The Bertz CT molecular complexity index is 419. The molecule has 0 aliphatic rings. The van der Waals surface area contributed by atoms with Crippen molar-refractivity contribution in [2.75, 3.05) is 5.33 Å². The van der Waals surface area contributed by atoms with Crippen LogP contribution in [0, 0.1) is 26.7 Å². The lowest BCUT2D eigenvalue weighted by Crippen LogP contribution is -2.38. The van der Waals surface area contributed by atoms with Crippen molar-refractivity contribution >= 4 is 21.8 Å². The second-order valence-electron chi connectivity index (χ2n) is 5.17. The van der Waals surface area contributed by atoms with Crippen molar-refractivity contribution in [2.24, 2.45) is 5.92 Å². The molecule has 100 valence electrons. The highest BCUT2D eigenvalue weighted by molar-refractivity contribution is 9.09. The maximum absolute atomic E-state index is 12.3. The Balaban J connectivity index is 2.92. The van der Waals surface area contributed by atoms with Crippen LogP contribution in [0.1, 0.15) is 40.9 Å². The molecule has 0 radical (unpaired) electrons. The summed E-state index contributed by atoms with van der Waals surface area (Å²) in [5, 5.41) is 3.97. The fraction of sp³-hybridized carbons (Fsp3) is 0.533. The predicted octanol–water partition coefficient (Wildman–Crippen LogP) is 3.76. The molecule has 0 bridgehead atoms. The molecule has 0 saturated carbocycles. The lowest BCUT2D eigenvalue weighted by atomic mass is 9.98. The third kappa shape index (κ3) is 3.58. The third-order valence-corrected chi connectivity index (χ3v) is 4.38. The average molecular weight is 312 g/mol. The minimum absolute atomic E-state index is 0.0327.